The van der Waals surface area contributed by atoms with E-state index in [4.69, 9.17) is 9.15 Å². The lowest BCUT2D eigenvalue weighted by atomic mass is 10.3. The first-order valence-electron chi connectivity index (χ1n) is 8.47. The molecule has 1 aromatic carbocycles. The van der Waals surface area contributed by atoms with Gasteiger partial charge in [0, 0.05) is 12.3 Å². The lowest BCUT2D eigenvalue weighted by Crippen LogP contribution is -2.18. The molecule has 2 aromatic heterocycles. The molecule has 0 radical (unpaired) electrons. The molecule has 146 valence electrons. The van der Waals surface area contributed by atoms with Gasteiger partial charge in [-0.15, -0.1) is 11.3 Å². The van der Waals surface area contributed by atoms with E-state index in [1.165, 1.54) is 42.5 Å². The molecule has 0 aliphatic rings. The van der Waals surface area contributed by atoms with Gasteiger partial charge in [-0.3, -0.25) is 9.59 Å². The van der Waals surface area contributed by atoms with Crippen LogP contribution in [0.1, 0.15) is 19.1 Å². The average molecular weight is 403 g/mol. The second-order valence-corrected chi connectivity index (χ2v) is 6.67. The molecular weight excluding hydrogens is 385 g/mol. The van der Waals surface area contributed by atoms with Crippen LogP contribution >= 0.6 is 11.3 Å². The molecule has 0 aliphatic heterocycles. The number of ether oxygens (including phenoxy) is 1. The molecule has 2 heterocycles. The van der Waals surface area contributed by atoms with Crippen molar-refractivity contribution in [2.45, 2.75) is 19.9 Å². The normalized spacial score (nSPS) is 10.5. The van der Waals surface area contributed by atoms with Gasteiger partial charge in [0.1, 0.15) is 23.0 Å². The topological polar surface area (TPSA) is 93.5 Å². The molecule has 0 spiro atoms. The zero-order chi connectivity index (χ0) is 19.9. The van der Waals surface area contributed by atoms with E-state index in [2.05, 4.69) is 15.6 Å². The first-order chi connectivity index (χ1) is 13.5. The van der Waals surface area contributed by atoms with E-state index in [0.29, 0.717) is 34.6 Å². The van der Waals surface area contributed by atoms with Crippen LogP contribution in [0.4, 0.5) is 9.52 Å². The maximum absolute atomic E-state index is 12.8. The van der Waals surface area contributed by atoms with Crippen molar-refractivity contribution < 1.29 is 23.1 Å². The Morgan fingerprint density at radius 3 is 2.75 bits per heavy atom. The molecule has 2 N–H and O–H groups in total. The minimum atomic E-state index is -0.344. The van der Waals surface area contributed by atoms with Gasteiger partial charge in [0.05, 0.1) is 19.6 Å². The number of nitrogens with zero attached hydrogens (tertiary/aromatic N) is 1. The second kappa shape index (κ2) is 9.14. The van der Waals surface area contributed by atoms with Crippen molar-refractivity contribution in [2.24, 2.45) is 0 Å². The van der Waals surface area contributed by atoms with Gasteiger partial charge in [-0.05, 0) is 36.4 Å². The van der Waals surface area contributed by atoms with Crippen LogP contribution in [-0.2, 0) is 16.1 Å². The van der Waals surface area contributed by atoms with E-state index >= 15 is 0 Å². The largest absolute Gasteiger partial charge is 0.493 e. The van der Waals surface area contributed by atoms with Gasteiger partial charge in [-0.2, -0.15) is 0 Å². The molecule has 0 saturated carbocycles. The van der Waals surface area contributed by atoms with E-state index in [9.17, 15) is 14.0 Å². The summed E-state index contributed by atoms with van der Waals surface area (Å²) in [6.07, 6.45) is 0.133. The number of benzene rings is 1. The Morgan fingerprint density at radius 2 is 2.00 bits per heavy atom. The minimum Gasteiger partial charge on any atom is -0.493 e. The first-order valence-corrected chi connectivity index (χ1v) is 9.35. The van der Waals surface area contributed by atoms with Crippen molar-refractivity contribution >= 4 is 28.3 Å². The first kappa shape index (κ1) is 19.6. The van der Waals surface area contributed by atoms with E-state index in [-0.39, 0.29) is 30.7 Å². The fraction of sp³-hybridized carbons (Fsp3) is 0.211. The van der Waals surface area contributed by atoms with Crippen LogP contribution in [-0.4, -0.2) is 23.4 Å². The SMILES string of the molecule is CC(=O)NCc1ccc(-c2csc(NC(=O)CCOc3ccc(F)cc3)n2)o1. The van der Waals surface area contributed by atoms with Crippen molar-refractivity contribution in [1.82, 2.24) is 10.3 Å². The Kier molecular flexibility index (Phi) is 6.38. The van der Waals surface area contributed by atoms with Crippen LogP contribution in [0, 0.1) is 5.82 Å². The number of aromatic nitrogens is 1. The number of hydrogen-bond acceptors (Lipinski definition) is 6. The number of rotatable bonds is 8. The predicted molar refractivity (Wildman–Crippen MR) is 102 cm³/mol. The number of carbonyl (C=O) groups excluding carboxylic acids is 2. The summed E-state index contributed by atoms with van der Waals surface area (Å²) in [6, 6.07) is 9.11. The molecule has 0 saturated heterocycles. The minimum absolute atomic E-state index is 0.133. The third-order valence-corrected chi connectivity index (χ3v) is 4.35. The molecule has 3 aromatic rings. The van der Waals surface area contributed by atoms with Crippen molar-refractivity contribution in [3.63, 3.8) is 0 Å². The molecule has 0 atom stereocenters. The van der Waals surface area contributed by atoms with Gasteiger partial charge < -0.3 is 19.8 Å². The Bertz CT molecular complexity index is 952. The average Bonchev–Trinajstić information content (AvgIpc) is 3.31. The van der Waals surface area contributed by atoms with Crippen LogP contribution in [0.2, 0.25) is 0 Å². The quantitative estimate of drug-likeness (QED) is 0.600. The lowest BCUT2D eigenvalue weighted by Gasteiger charge is -2.05. The molecule has 0 bridgehead atoms. The number of halogens is 1. The Morgan fingerprint density at radius 1 is 1.21 bits per heavy atom. The number of thiazole rings is 1. The van der Waals surface area contributed by atoms with Crippen molar-refractivity contribution in [1.29, 1.82) is 0 Å². The van der Waals surface area contributed by atoms with Crippen molar-refractivity contribution in [3.8, 4) is 17.2 Å². The van der Waals surface area contributed by atoms with Crippen LogP contribution in [0.5, 0.6) is 5.75 Å². The van der Waals surface area contributed by atoms with E-state index in [0.717, 1.165) is 0 Å². The third kappa shape index (κ3) is 5.65. The van der Waals surface area contributed by atoms with Crippen LogP contribution in [0.25, 0.3) is 11.5 Å². The fourth-order valence-electron chi connectivity index (χ4n) is 2.24. The number of anilines is 1. The van der Waals surface area contributed by atoms with Gasteiger partial charge in [-0.25, -0.2) is 9.37 Å². The highest BCUT2D eigenvalue weighted by Crippen LogP contribution is 2.26. The number of furan rings is 1. The van der Waals surface area contributed by atoms with Crippen LogP contribution in [0.3, 0.4) is 0 Å². The molecule has 0 aliphatic carbocycles. The Balaban J connectivity index is 1.47. The van der Waals surface area contributed by atoms with Crippen molar-refractivity contribution in [2.75, 3.05) is 11.9 Å². The smallest absolute Gasteiger partial charge is 0.229 e. The highest BCUT2D eigenvalue weighted by Gasteiger charge is 2.11. The summed E-state index contributed by atoms with van der Waals surface area (Å²) in [5, 5.41) is 7.57. The zero-order valence-corrected chi connectivity index (χ0v) is 15.8. The van der Waals surface area contributed by atoms with Gasteiger partial charge in [-0.1, -0.05) is 0 Å². The second-order valence-electron chi connectivity index (χ2n) is 5.81. The van der Waals surface area contributed by atoms with Gasteiger partial charge in [0.2, 0.25) is 11.8 Å². The standard InChI is InChI=1S/C19H18FN3O4S/c1-12(24)21-10-15-6-7-17(27-15)16-11-28-19(22-16)23-18(25)8-9-26-14-4-2-13(20)3-5-14/h2-7,11H,8-10H2,1H3,(H,21,24)(H,22,23,25). The maximum atomic E-state index is 12.8. The molecule has 28 heavy (non-hydrogen) atoms. The summed E-state index contributed by atoms with van der Waals surface area (Å²) in [5.41, 5.74) is 0.594. The van der Waals surface area contributed by atoms with Gasteiger partial charge >= 0.3 is 0 Å². The number of carbonyl (C=O) groups is 2. The molecule has 9 heteroatoms. The van der Waals surface area contributed by atoms with Crippen LogP contribution in [0.15, 0.2) is 46.2 Å². The summed E-state index contributed by atoms with van der Waals surface area (Å²) in [7, 11) is 0. The molecule has 0 fully saturated rings. The van der Waals surface area contributed by atoms with Gasteiger partial charge in [0.25, 0.3) is 0 Å². The molecule has 2 amide bonds. The van der Waals surface area contributed by atoms with E-state index in [1.54, 1.807) is 17.5 Å². The molecule has 3 rings (SSSR count). The third-order valence-electron chi connectivity index (χ3n) is 3.59. The molecule has 0 unspecified atom stereocenters. The number of hydrogen-bond donors (Lipinski definition) is 2. The highest BCUT2D eigenvalue weighted by molar-refractivity contribution is 7.14. The summed E-state index contributed by atoms with van der Waals surface area (Å²) in [6.45, 7) is 1.90. The summed E-state index contributed by atoms with van der Waals surface area (Å²) in [4.78, 5) is 27.3. The Labute approximate surface area is 164 Å². The maximum Gasteiger partial charge on any atom is 0.229 e. The van der Waals surface area contributed by atoms with Gasteiger partial charge in [0.15, 0.2) is 10.9 Å². The van der Waals surface area contributed by atoms with E-state index in [1.807, 2.05) is 0 Å². The van der Waals surface area contributed by atoms with Crippen molar-refractivity contribution in [3.05, 3.63) is 53.4 Å². The van der Waals surface area contributed by atoms with E-state index < -0.39 is 0 Å². The zero-order valence-electron chi connectivity index (χ0n) is 15.0. The monoisotopic (exact) mass is 403 g/mol. The lowest BCUT2D eigenvalue weighted by molar-refractivity contribution is -0.119. The summed E-state index contributed by atoms with van der Waals surface area (Å²) in [5.74, 6) is 0.939. The predicted octanol–water partition coefficient (Wildman–Crippen LogP) is 3.59. The number of amides is 2. The van der Waals surface area contributed by atoms with Crippen LogP contribution < -0.4 is 15.4 Å². The number of nitrogens with one attached hydrogen (secondary N) is 2. The highest BCUT2D eigenvalue weighted by atomic mass is 32.1. The molecule has 7 nitrogen and oxygen atoms in total. The summed E-state index contributed by atoms with van der Waals surface area (Å²) < 4.78 is 23.9. The Hall–Kier alpha value is -3.20. The molecular formula is C19H18FN3O4S. The fourth-order valence-corrected chi connectivity index (χ4v) is 2.96. The summed E-state index contributed by atoms with van der Waals surface area (Å²) >= 11 is 1.28.